The molecule has 5 rings (SSSR count). The van der Waals surface area contributed by atoms with Crippen LogP contribution in [0, 0.1) is 12.4 Å². The molecule has 1 aromatic carbocycles. The lowest BCUT2D eigenvalue weighted by molar-refractivity contribution is 0.0702. The molecule has 0 atom stereocenters. The molecule has 202 valence electrons. The van der Waals surface area contributed by atoms with E-state index in [9.17, 15) is 14.3 Å². The number of rotatable bonds is 10. The largest absolute Gasteiger partial charge is 0.477 e. The molecule has 4 heterocycles. The Balaban J connectivity index is 1.20. The van der Waals surface area contributed by atoms with Crippen molar-refractivity contribution in [1.82, 2.24) is 19.4 Å². The Morgan fingerprint density at radius 3 is 2.77 bits per heavy atom. The van der Waals surface area contributed by atoms with Crippen LogP contribution in [-0.4, -0.2) is 57.3 Å². The Hall–Kier alpha value is -3.85. The summed E-state index contributed by atoms with van der Waals surface area (Å²) in [5.74, 6) is 0.246. The Bertz CT molecular complexity index is 1520. The van der Waals surface area contributed by atoms with Gasteiger partial charge in [-0.25, -0.2) is 24.0 Å². The van der Waals surface area contributed by atoms with E-state index in [-0.39, 0.29) is 23.1 Å². The third-order valence-electron chi connectivity index (χ3n) is 6.91. The third-order valence-corrected chi connectivity index (χ3v) is 7.92. The Morgan fingerprint density at radius 2 is 2.05 bits per heavy atom. The number of aromatic nitrogens is 3. The number of hydrogen-bond acceptors (Lipinski definition) is 7. The van der Waals surface area contributed by atoms with Crippen molar-refractivity contribution in [2.24, 2.45) is 0 Å². The molecular weight excluding hydrogens is 521 g/mol. The van der Waals surface area contributed by atoms with Crippen LogP contribution in [-0.2, 0) is 24.4 Å². The van der Waals surface area contributed by atoms with E-state index in [0.29, 0.717) is 31.1 Å². The number of pyridine rings is 1. The molecular formula is C28H28FN5O4S. The second-order valence-corrected chi connectivity index (χ2v) is 10.4. The normalized spacial score (nSPS) is 14.5. The number of methoxy groups -OCH3 is 1. The molecule has 0 spiro atoms. The van der Waals surface area contributed by atoms with Gasteiger partial charge in [-0.3, -0.25) is 4.90 Å². The van der Waals surface area contributed by atoms with Gasteiger partial charge in [0.1, 0.15) is 28.0 Å². The van der Waals surface area contributed by atoms with Crippen molar-refractivity contribution in [1.29, 1.82) is 0 Å². The van der Waals surface area contributed by atoms with Crippen molar-refractivity contribution in [2.75, 3.05) is 26.8 Å². The topological polar surface area (TPSA) is 94.1 Å². The third kappa shape index (κ3) is 6.09. The highest BCUT2D eigenvalue weighted by molar-refractivity contribution is 7.20. The molecule has 0 unspecified atom stereocenters. The van der Waals surface area contributed by atoms with Crippen LogP contribution in [0.3, 0.4) is 0 Å². The van der Waals surface area contributed by atoms with E-state index in [4.69, 9.17) is 21.0 Å². The minimum atomic E-state index is -0.939. The van der Waals surface area contributed by atoms with Crippen molar-refractivity contribution in [3.63, 3.8) is 0 Å². The quantitative estimate of drug-likeness (QED) is 0.262. The van der Waals surface area contributed by atoms with Crippen LogP contribution in [0.4, 0.5) is 10.1 Å². The number of ether oxygens (including phenoxy) is 2. The first-order valence-electron chi connectivity index (χ1n) is 12.6. The van der Waals surface area contributed by atoms with E-state index in [1.165, 1.54) is 17.4 Å². The Morgan fingerprint density at radius 1 is 1.23 bits per heavy atom. The molecule has 1 fully saturated rings. The van der Waals surface area contributed by atoms with Crippen LogP contribution in [0.1, 0.15) is 45.5 Å². The highest BCUT2D eigenvalue weighted by Gasteiger charge is 2.24. The molecule has 1 aliphatic rings. The van der Waals surface area contributed by atoms with E-state index >= 15 is 0 Å². The van der Waals surface area contributed by atoms with Gasteiger partial charge in [0.15, 0.2) is 5.69 Å². The minimum absolute atomic E-state index is 0.0418. The number of carboxylic acid groups (broad SMARTS) is 1. The number of nitrogens with zero attached hydrogens (tertiary/aromatic N) is 5. The molecule has 4 aromatic rings. The summed E-state index contributed by atoms with van der Waals surface area (Å²) in [7, 11) is 1.65. The van der Waals surface area contributed by atoms with Crippen LogP contribution in [0.5, 0.6) is 5.88 Å². The second-order valence-electron chi connectivity index (χ2n) is 9.41. The van der Waals surface area contributed by atoms with Gasteiger partial charge in [0.25, 0.3) is 0 Å². The first-order valence-corrected chi connectivity index (χ1v) is 13.5. The molecule has 1 aliphatic heterocycles. The average Bonchev–Trinajstić information content (AvgIpc) is 3.50. The standard InChI is InChI=1S/C28H28FN5O4S/c1-30-20-7-6-19(21(29)14-20)17-38-26-5-3-4-22(31-26)18-8-10-33(11-9-18)16-25-32-27-23(34(25)12-13-37-2)15-24(39-27)28(35)36/h3-7,14-15,18H,8-13,16-17H2,2H3,(H,35,36). The summed E-state index contributed by atoms with van der Waals surface area (Å²) in [6.07, 6.45) is 1.86. The number of hydrogen-bond donors (Lipinski definition) is 1. The minimum Gasteiger partial charge on any atom is -0.477 e. The van der Waals surface area contributed by atoms with Gasteiger partial charge < -0.3 is 19.1 Å². The fourth-order valence-electron chi connectivity index (χ4n) is 4.82. The summed E-state index contributed by atoms with van der Waals surface area (Å²) in [6.45, 7) is 10.6. The summed E-state index contributed by atoms with van der Waals surface area (Å²) < 4.78 is 27.3. The number of carbonyl (C=O) groups is 1. The lowest BCUT2D eigenvalue weighted by Crippen LogP contribution is -2.33. The fourth-order valence-corrected chi connectivity index (χ4v) is 5.71. The maximum Gasteiger partial charge on any atom is 0.346 e. The SMILES string of the molecule is [C-]#[N+]c1ccc(COc2cccc(C3CCN(Cc4nc5sc(C(=O)O)cc5n4CCOC)CC3)n2)c(F)c1. The van der Waals surface area contributed by atoms with Gasteiger partial charge in [0.2, 0.25) is 5.88 Å². The maximum absolute atomic E-state index is 14.2. The summed E-state index contributed by atoms with van der Waals surface area (Å²) >= 11 is 1.20. The van der Waals surface area contributed by atoms with Crippen molar-refractivity contribution in [3.8, 4) is 5.88 Å². The number of halogens is 1. The van der Waals surface area contributed by atoms with Crippen LogP contribution >= 0.6 is 11.3 Å². The monoisotopic (exact) mass is 549 g/mol. The molecule has 0 amide bonds. The van der Waals surface area contributed by atoms with Crippen molar-refractivity contribution >= 4 is 33.3 Å². The molecule has 0 aliphatic carbocycles. The predicted molar refractivity (Wildman–Crippen MR) is 145 cm³/mol. The smallest absolute Gasteiger partial charge is 0.346 e. The summed E-state index contributed by atoms with van der Waals surface area (Å²) in [5.41, 5.74) is 2.43. The van der Waals surface area contributed by atoms with Gasteiger partial charge >= 0.3 is 5.97 Å². The molecule has 1 N–H and O–H groups in total. The van der Waals surface area contributed by atoms with Crippen LogP contribution in [0.15, 0.2) is 42.5 Å². The number of piperidine rings is 1. The lowest BCUT2D eigenvalue weighted by Gasteiger charge is -2.31. The average molecular weight is 550 g/mol. The maximum atomic E-state index is 14.2. The summed E-state index contributed by atoms with van der Waals surface area (Å²) in [4.78, 5) is 27.5. The van der Waals surface area contributed by atoms with Gasteiger partial charge in [-0.1, -0.05) is 18.2 Å². The highest BCUT2D eigenvalue weighted by Crippen LogP contribution is 2.31. The van der Waals surface area contributed by atoms with Crippen molar-refractivity contribution in [2.45, 2.75) is 38.5 Å². The molecule has 9 nitrogen and oxygen atoms in total. The number of aromatic carboxylic acids is 1. The molecule has 0 radical (unpaired) electrons. The van der Waals surface area contributed by atoms with E-state index in [1.807, 2.05) is 12.1 Å². The highest BCUT2D eigenvalue weighted by atomic mass is 32.1. The van der Waals surface area contributed by atoms with E-state index in [0.717, 1.165) is 47.8 Å². The number of thiophene rings is 1. The summed E-state index contributed by atoms with van der Waals surface area (Å²) in [6, 6.07) is 11.7. The zero-order chi connectivity index (χ0) is 27.4. The number of benzene rings is 1. The number of imidazole rings is 1. The Labute approximate surface area is 229 Å². The van der Waals surface area contributed by atoms with E-state index < -0.39 is 11.8 Å². The molecule has 1 saturated heterocycles. The molecule has 39 heavy (non-hydrogen) atoms. The Kier molecular flexibility index (Phi) is 8.16. The van der Waals surface area contributed by atoms with Crippen molar-refractivity contribution in [3.05, 3.63) is 81.7 Å². The lowest BCUT2D eigenvalue weighted by atomic mass is 9.93. The first-order chi connectivity index (χ1) is 18.9. The summed E-state index contributed by atoms with van der Waals surface area (Å²) in [5, 5.41) is 9.35. The van der Waals surface area contributed by atoms with Gasteiger partial charge in [-0.05, 0) is 44.1 Å². The second kappa shape index (κ2) is 11.9. The molecule has 0 saturated carbocycles. The number of fused-ring (bicyclic) bond motifs is 1. The van der Waals surface area contributed by atoms with Crippen molar-refractivity contribution < 1.29 is 23.8 Å². The van der Waals surface area contributed by atoms with Crippen LogP contribution in [0.25, 0.3) is 15.2 Å². The van der Waals surface area contributed by atoms with Gasteiger partial charge in [0, 0.05) is 36.9 Å². The first kappa shape index (κ1) is 26.7. The zero-order valence-electron chi connectivity index (χ0n) is 21.5. The number of likely N-dealkylation sites (tertiary alicyclic amines) is 1. The zero-order valence-corrected chi connectivity index (χ0v) is 22.3. The van der Waals surface area contributed by atoms with Crippen LogP contribution in [0.2, 0.25) is 0 Å². The molecule has 0 bridgehead atoms. The van der Waals surface area contributed by atoms with Gasteiger partial charge in [-0.2, -0.15) is 0 Å². The van der Waals surface area contributed by atoms with E-state index in [2.05, 4.69) is 19.3 Å². The van der Waals surface area contributed by atoms with Gasteiger partial charge in [0.05, 0.1) is 25.2 Å². The molecule has 3 aromatic heterocycles. The molecule has 11 heteroatoms. The predicted octanol–water partition coefficient (Wildman–Crippen LogP) is 5.49. The fraction of sp³-hybridized carbons (Fsp3) is 0.357. The number of carboxylic acids is 1. The van der Waals surface area contributed by atoms with Crippen LogP contribution < -0.4 is 4.74 Å². The van der Waals surface area contributed by atoms with Gasteiger partial charge in [-0.15, -0.1) is 11.3 Å². The van der Waals surface area contributed by atoms with E-state index in [1.54, 1.807) is 31.4 Å².